The molecular formula is C24H20Cl2N2O6. The monoisotopic (exact) mass is 502 g/mol. The molecule has 8 nitrogen and oxygen atoms in total. The maximum atomic E-state index is 12.4. The summed E-state index contributed by atoms with van der Waals surface area (Å²) >= 11 is 11.8. The SMILES string of the molecule is COc1ccc(OCC(=O)NN=Cc2ccc(OC(=O)c3ccc(Cl)c(Cl)c3)c(OC)c2)cc1. The van der Waals surface area contributed by atoms with Gasteiger partial charge in [0.05, 0.1) is 36.0 Å². The Labute approximate surface area is 206 Å². The van der Waals surface area contributed by atoms with Crippen LogP contribution in [0.4, 0.5) is 0 Å². The number of carbonyl (C=O) groups excluding carboxylic acids is 2. The molecule has 176 valence electrons. The van der Waals surface area contributed by atoms with Crippen molar-refractivity contribution in [3.8, 4) is 23.0 Å². The van der Waals surface area contributed by atoms with Gasteiger partial charge in [0.2, 0.25) is 0 Å². The molecule has 0 bridgehead atoms. The van der Waals surface area contributed by atoms with Gasteiger partial charge in [-0.25, -0.2) is 10.2 Å². The van der Waals surface area contributed by atoms with E-state index >= 15 is 0 Å². The summed E-state index contributed by atoms with van der Waals surface area (Å²) in [6, 6.07) is 16.1. The third-order valence-corrected chi connectivity index (χ3v) is 5.12. The molecule has 1 N–H and O–H groups in total. The number of methoxy groups -OCH3 is 2. The fourth-order valence-corrected chi connectivity index (χ4v) is 2.96. The summed E-state index contributed by atoms with van der Waals surface area (Å²) in [4.78, 5) is 24.3. The number of ether oxygens (including phenoxy) is 4. The first-order valence-electron chi connectivity index (χ1n) is 9.83. The average Bonchev–Trinajstić information content (AvgIpc) is 2.85. The van der Waals surface area contributed by atoms with Crippen molar-refractivity contribution in [3.05, 3.63) is 81.8 Å². The number of hydrazone groups is 1. The van der Waals surface area contributed by atoms with Crippen molar-refractivity contribution in [2.75, 3.05) is 20.8 Å². The second-order valence-corrected chi connectivity index (χ2v) is 7.50. The van der Waals surface area contributed by atoms with Crippen LogP contribution >= 0.6 is 23.2 Å². The van der Waals surface area contributed by atoms with Crippen LogP contribution in [0.1, 0.15) is 15.9 Å². The summed E-state index contributed by atoms with van der Waals surface area (Å²) < 4.78 is 21.1. The minimum absolute atomic E-state index is 0.202. The van der Waals surface area contributed by atoms with Crippen molar-refractivity contribution in [1.29, 1.82) is 0 Å². The number of hydrogen-bond acceptors (Lipinski definition) is 7. The van der Waals surface area contributed by atoms with Crippen LogP contribution in [0, 0.1) is 0 Å². The standard InChI is InChI=1S/C24H20Cl2N2O6/c1-31-17-5-7-18(8-6-17)33-14-23(29)28-27-13-15-3-10-21(22(11-15)32-2)34-24(30)16-4-9-19(25)20(26)12-16/h3-13H,14H2,1-2H3,(H,28,29). The fraction of sp³-hybridized carbons (Fsp3) is 0.125. The van der Waals surface area contributed by atoms with Gasteiger partial charge in [-0.05, 0) is 66.2 Å². The maximum absolute atomic E-state index is 12.4. The largest absolute Gasteiger partial charge is 0.497 e. The predicted octanol–water partition coefficient (Wildman–Crippen LogP) is 4.76. The molecule has 0 spiro atoms. The van der Waals surface area contributed by atoms with Gasteiger partial charge in [-0.3, -0.25) is 4.79 Å². The van der Waals surface area contributed by atoms with Crippen LogP contribution < -0.4 is 24.4 Å². The summed E-state index contributed by atoms with van der Waals surface area (Å²) in [5.41, 5.74) is 3.21. The highest BCUT2D eigenvalue weighted by Gasteiger charge is 2.14. The first kappa shape index (κ1) is 24.9. The van der Waals surface area contributed by atoms with E-state index in [1.807, 2.05) is 0 Å². The number of carbonyl (C=O) groups is 2. The Hall–Kier alpha value is -3.75. The number of nitrogens with one attached hydrogen (secondary N) is 1. The predicted molar refractivity (Wildman–Crippen MR) is 129 cm³/mol. The Kier molecular flexibility index (Phi) is 8.73. The van der Waals surface area contributed by atoms with E-state index in [9.17, 15) is 9.59 Å². The van der Waals surface area contributed by atoms with Crippen molar-refractivity contribution in [2.45, 2.75) is 0 Å². The zero-order valence-corrected chi connectivity index (χ0v) is 19.7. The van der Waals surface area contributed by atoms with Crippen LogP contribution in [-0.2, 0) is 4.79 Å². The Morgan fingerprint density at radius 3 is 2.29 bits per heavy atom. The molecule has 0 radical (unpaired) electrons. The highest BCUT2D eigenvalue weighted by atomic mass is 35.5. The Morgan fingerprint density at radius 1 is 0.882 bits per heavy atom. The zero-order chi connectivity index (χ0) is 24.5. The molecule has 0 heterocycles. The second kappa shape index (κ2) is 11.9. The van der Waals surface area contributed by atoms with Gasteiger partial charge in [-0.1, -0.05) is 23.2 Å². The summed E-state index contributed by atoms with van der Waals surface area (Å²) in [6.07, 6.45) is 1.42. The van der Waals surface area contributed by atoms with Crippen LogP contribution in [0.15, 0.2) is 65.8 Å². The summed E-state index contributed by atoms with van der Waals surface area (Å²) in [6.45, 7) is -0.212. The molecule has 0 aliphatic carbocycles. The average molecular weight is 503 g/mol. The molecule has 10 heteroatoms. The Morgan fingerprint density at radius 2 is 1.62 bits per heavy atom. The van der Waals surface area contributed by atoms with Crippen molar-refractivity contribution >= 4 is 41.3 Å². The molecule has 0 saturated carbocycles. The highest BCUT2D eigenvalue weighted by molar-refractivity contribution is 6.42. The van der Waals surface area contributed by atoms with Crippen molar-refractivity contribution in [1.82, 2.24) is 5.43 Å². The minimum atomic E-state index is -0.623. The summed E-state index contributed by atoms with van der Waals surface area (Å²) in [5.74, 6) is 0.649. The highest BCUT2D eigenvalue weighted by Crippen LogP contribution is 2.29. The van der Waals surface area contributed by atoms with E-state index in [2.05, 4.69) is 10.5 Å². The molecule has 0 saturated heterocycles. The Balaban J connectivity index is 1.56. The van der Waals surface area contributed by atoms with Crippen molar-refractivity contribution < 1.29 is 28.5 Å². The molecule has 0 unspecified atom stereocenters. The van der Waals surface area contributed by atoms with Gasteiger partial charge in [0, 0.05) is 0 Å². The minimum Gasteiger partial charge on any atom is -0.497 e. The van der Waals surface area contributed by atoms with Gasteiger partial charge in [0.15, 0.2) is 18.1 Å². The van der Waals surface area contributed by atoms with Gasteiger partial charge in [-0.2, -0.15) is 5.10 Å². The van der Waals surface area contributed by atoms with E-state index < -0.39 is 11.9 Å². The molecule has 0 atom stereocenters. The number of esters is 1. The lowest BCUT2D eigenvalue weighted by molar-refractivity contribution is -0.123. The normalized spacial score (nSPS) is 10.6. The van der Waals surface area contributed by atoms with E-state index in [1.54, 1.807) is 49.6 Å². The molecule has 3 aromatic carbocycles. The molecular weight excluding hydrogens is 483 g/mol. The number of halogens is 2. The van der Waals surface area contributed by atoms with Gasteiger partial charge in [0.1, 0.15) is 11.5 Å². The van der Waals surface area contributed by atoms with E-state index in [4.69, 9.17) is 42.1 Å². The smallest absolute Gasteiger partial charge is 0.343 e. The molecule has 0 aromatic heterocycles. The molecule has 1 amide bonds. The number of nitrogens with zero attached hydrogens (tertiary/aromatic N) is 1. The maximum Gasteiger partial charge on any atom is 0.343 e. The molecule has 3 rings (SSSR count). The van der Waals surface area contributed by atoms with E-state index in [1.165, 1.54) is 31.5 Å². The van der Waals surface area contributed by atoms with Crippen LogP contribution in [0.25, 0.3) is 0 Å². The summed E-state index contributed by atoms with van der Waals surface area (Å²) in [5, 5.41) is 4.47. The zero-order valence-electron chi connectivity index (χ0n) is 18.2. The number of benzene rings is 3. The number of hydrogen-bond donors (Lipinski definition) is 1. The third kappa shape index (κ3) is 6.87. The van der Waals surface area contributed by atoms with Crippen LogP contribution in [0.2, 0.25) is 10.0 Å². The lowest BCUT2D eigenvalue weighted by atomic mass is 10.2. The van der Waals surface area contributed by atoms with Crippen LogP contribution in [0.5, 0.6) is 23.0 Å². The van der Waals surface area contributed by atoms with E-state index in [0.29, 0.717) is 27.8 Å². The van der Waals surface area contributed by atoms with Crippen LogP contribution in [0.3, 0.4) is 0 Å². The molecule has 0 fully saturated rings. The first-order chi connectivity index (χ1) is 16.4. The van der Waals surface area contributed by atoms with Gasteiger partial charge in [-0.15, -0.1) is 0 Å². The van der Waals surface area contributed by atoms with Gasteiger partial charge >= 0.3 is 5.97 Å². The first-order valence-corrected chi connectivity index (χ1v) is 10.6. The number of amides is 1. The molecule has 3 aromatic rings. The van der Waals surface area contributed by atoms with Crippen LogP contribution in [-0.4, -0.2) is 38.9 Å². The van der Waals surface area contributed by atoms with Gasteiger partial charge < -0.3 is 18.9 Å². The molecule has 34 heavy (non-hydrogen) atoms. The second-order valence-electron chi connectivity index (χ2n) is 6.69. The third-order valence-electron chi connectivity index (χ3n) is 4.38. The lowest BCUT2D eigenvalue weighted by Crippen LogP contribution is -2.24. The Bertz CT molecular complexity index is 1200. The fourth-order valence-electron chi connectivity index (χ4n) is 2.66. The van der Waals surface area contributed by atoms with Crippen molar-refractivity contribution in [3.63, 3.8) is 0 Å². The van der Waals surface area contributed by atoms with Gasteiger partial charge in [0.25, 0.3) is 5.91 Å². The summed E-state index contributed by atoms with van der Waals surface area (Å²) in [7, 11) is 3.00. The number of rotatable bonds is 9. The molecule has 0 aliphatic heterocycles. The topological polar surface area (TPSA) is 95.5 Å². The van der Waals surface area contributed by atoms with E-state index in [-0.39, 0.29) is 22.9 Å². The molecule has 0 aliphatic rings. The lowest BCUT2D eigenvalue weighted by Gasteiger charge is -2.10. The van der Waals surface area contributed by atoms with Crippen molar-refractivity contribution in [2.24, 2.45) is 5.10 Å². The quantitative estimate of drug-likeness (QED) is 0.196. The van der Waals surface area contributed by atoms with E-state index in [0.717, 1.165) is 0 Å².